The second-order valence-corrected chi connectivity index (χ2v) is 7.18. The maximum Gasteiger partial charge on any atom is 0.123 e. The Bertz CT molecular complexity index is 478. The van der Waals surface area contributed by atoms with Crippen molar-refractivity contribution in [3.8, 4) is 0 Å². The molecule has 3 atom stereocenters. The topological polar surface area (TPSA) is 6.48 Å². The second kappa shape index (κ2) is 5.69. The minimum atomic E-state index is -0.139. The lowest BCUT2D eigenvalue weighted by Crippen LogP contribution is -2.51. The van der Waals surface area contributed by atoms with Crippen LogP contribution >= 0.6 is 0 Å². The first-order valence-corrected chi connectivity index (χ1v) is 8.49. The summed E-state index contributed by atoms with van der Waals surface area (Å²) in [5, 5.41) is 0. The fourth-order valence-corrected chi connectivity index (χ4v) is 4.76. The Morgan fingerprint density at radius 1 is 0.952 bits per heavy atom. The van der Waals surface area contributed by atoms with Crippen LogP contribution in [0.15, 0.2) is 24.3 Å². The van der Waals surface area contributed by atoms with Crippen LogP contribution < -0.4 is 0 Å². The maximum absolute atomic E-state index is 12.9. The molecule has 1 aromatic carbocycles. The molecule has 1 saturated heterocycles. The number of benzene rings is 1. The van der Waals surface area contributed by atoms with Gasteiger partial charge in [-0.3, -0.25) is 9.80 Å². The average molecular weight is 288 g/mol. The molecule has 4 rings (SSSR count). The van der Waals surface area contributed by atoms with Gasteiger partial charge in [0.25, 0.3) is 0 Å². The SMILES string of the molecule is Fc1ccc(CN2CCN([C@H]3C[C@H]4CC[C@@H]3C4)CC2)cc1. The zero-order chi connectivity index (χ0) is 14.2. The highest BCUT2D eigenvalue weighted by atomic mass is 19.1. The molecule has 2 bridgehead atoms. The molecular weight excluding hydrogens is 263 g/mol. The largest absolute Gasteiger partial charge is 0.298 e. The smallest absolute Gasteiger partial charge is 0.123 e. The monoisotopic (exact) mass is 288 g/mol. The second-order valence-electron chi connectivity index (χ2n) is 7.18. The van der Waals surface area contributed by atoms with Gasteiger partial charge in [0, 0.05) is 38.8 Å². The average Bonchev–Trinajstić information content (AvgIpc) is 3.13. The lowest BCUT2D eigenvalue weighted by Gasteiger charge is -2.41. The molecule has 3 fully saturated rings. The lowest BCUT2D eigenvalue weighted by molar-refractivity contribution is 0.0679. The van der Waals surface area contributed by atoms with Crippen molar-refractivity contribution in [2.45, 2.75) is 38.3 Å². The van der Waals surface area contributed by atoms with E-state index in [1.807, 2.05) is 12.1 Å². The maximum atomic E-state index is 12.9. The number of hydrogen-bond acceptors (Lipinski definition) is 2. The van der Waals surface area contributed by atoms with Crippen LogP contribution in [0.1, 0.15) is 31.2 Å². The van der Waals surface area contributed by atoms with E-state index < -0.39 is 0 Å². The van der Waals surface area contributed by atoms with Crippen molar-refractivity contribution in [3.05, 3.63) is 35.6 Å². The highest BCUT2D eigenvalue weighted by molar-refractivity contribution is 5.16. The van der Waals surface area contributed by atoms with Crippen molar-refractivity contribution in [3.63, 3.8) is 0 Å². The Morgan fingerprint density at radius 2 is 1.71 bits per heavy atom. The molecular formula is C18H25FN2. The summed E-state index contributed by atoms with van der Waals surface area (Å²) in [6, 6.07) is 7.86. The molecule has 3 heteroatoms. The molecule has 2 saturated carbocycles. The fraction of sp³-hybridized carbons (Fsp3) is 0.667. The van der Waals surface area contributed by atoms with Gasteiger partial charge in [0.2, 0.25) is 0 Å². The third-order valence-corrected chi connectivity index (χ3v) is 5.90. The quantitative estimate of drug-likeness (QED) is 0.843. The molecule has 3 aliphatic rings. The standard InChI is InChI=1S/C18H25FN2/c19-17-5-2-14(3-6-17)13-20-7-9-21(10-8-20)18-12-15-1-4-16(18)11-15/h2-3,5-6,15-16,18H,1,4,7-13H2/t15-,16+,18-/m0/s1. The first-order valence-electron chi connectivity index (χ1n) is 8.49. The number of fused-ring (bicyclic) bond motifs is 2. The molecule has 0 spiro atoms. The van der Waals surface area contributed by atoms with Crippen molar-refractivity contribution >= 4 is 0 Å². The Morgan fingerprint density at radius 3 is 2.33 bits per heavy atom. The molecule has 0 N–H and O–H groups in total. The van der Waals surface area contributed by atoms with Crippen molar-refractivity contribution in [1.29, 1.82) is 0 Å². The van der Waals surface area contributed by atoms with E-state index in [4.69, 9.17) is 0 Å². The minimum absolute atomic E-state index is 0.139. The molecule has 0 radical (unpaired) electrons. The fourth-order valence-electron chi connectivity index (χ4n) is 4.76. The van der Waals surface area contributed by atoms with Gasteiger partial charge in [0.05, 0.1) is 0 Å². The van der Waals surface area contributed by atoms with Gasteiger partial charge in [-0.05, 0) is 48.8 Å². The number of rotatable bonds is 3. The molecule has 1 heterocycles. The van der Waals surface area contributed by atoms with Crippen molar-refractivity contribution < 1.29 is 4.39 Å². The molecule has 0 unspecified atom stereocenters. The van der Waals surface area contributed by atoms with Crippen LogP contribution in [-0.4, -0.2) is 42.0 Å². The summed E-state index contributed by atoms with van der Waals surface area (Å²) in [5.41, 5.74) is 1.23. The Kier molecular flexibility index (Phi) is 3.72. The summed E-state index contributed by atoms with van der Waals surface area (Å²) >= 11 is 0. The molecule has 2 nitrogen and oxygen atoms in total. The first-order chi connectivity index (χ1) is 10.3. The highest BCUT2D eigenvalue weighted by Crippen LogP contribution is 2.46. The first kappa shape index (κ1) is 13.7. The van der Waals surface area contributed by atoms with Crippen molar-refractivity contribution in [2.24, 2.45) is 11.8 Å². The molecule has 114 valence electrons. The number of hydrogen-bond donors (Lipinski definition) is 0. The van der Waals surface area contributed by atoms with E-state index in [0.717, 1.165) is 37.5 Å². The van der Waals surface area contributed by atoms with Crippen molar-refractivity contribution in [1.82, 2.24) is 9.80 Å². The third kappa shape index (κ3) is 2.86. The van der Waals surface area contributed by atoms with Crippen LogP contribution in [0.2, 0.25) is 0 Å². The van der Waals surface area contributed by atoms with Crippen LogP contribution in [0.4, 0.5) is 4.39 Å². The summed E-state index contributed by atoms with van der Waals surface area (Å²) in [4.78, 5) is 5.27. The van der Waals surface area contributed by atoms with Gasteiger partial charge in [-0.15, -0.1) is 0 Å². The minimum Gasteiger partial charge on any atom is -0.298 e. The zero-order valence-corrected chi connectivity index (χ0v) is 12.7. The molecule has 2 aliphatic carbocycles. The Hall–Kier alpha value is -0.930. The van der Waals surface area contributed by atoms with Crippen LogP contribution in [0.3, 0.4) is 0 Å². The van der Waals surface area contributed by atoms with Gasteiger partial charge in [-0.25, -0.2) is 4.39 Å². The summed E-state index contributed by atoms with van der Waals surface area (Å²) in [5.74, 6) is 1.90. The summed E-state index contributed by atoms with van der Waals surface area (Å²) in [6.45, 7) is 5.71. The van der Waals surface area contributed by atoms with Crippen molar-refractivity contribution in [2.75, 3.05) is 26.2 Å². The Balaban J connectivity index is 1.29. The van der Waals surface area contributed by atoms with Crippen LogP contribution in [0.25, 0.3) is 0 Å². The van der Waals surface area contributed by atoms with E-state index in [0.29, 0.717) is 0 Å². The van der Waals surface area contributed by atoms with Gasteiger partial charge in [0.15, 0.2) is 0 Å². The molecule has 1 aromatic rings. The number of halogens is 1. The summed E-state index contributed by atoms with van der Waals surface area (Å²) in [6.07, 6.45) is 5.93. The van der Waals surface area contributed by atoms with Crippen LogP contribution in [0, 0.1) is 17.7 Å². The number of nitrogens with zero attached hydrogens (tertiary/aromatic N) is 2. The molecule has 1 aliphatic heterocycles. The van der Waals surface area contributed by atoms with Gasteiger partial charge in [0.1, 0.15) is 5.82 Å². The third-order valence-electron chi connectivity index (χ3n) is 5.90. The van der Waals surface area contributed by atoms with Gasteiger partial charge in [-0.1, -0.05) is 18.6 Å². The lowest BCUT2D eigenvalue weighted by atomic mass is 9.93. The van der Waals surface area contributed by atoms with E-state index in [-0.39, 0.29) is 5.82 Å². The normalized spacial score (nSPS) is 33.7. The van der Waals surface area contributed by atoms with E-state index in [9.17, 15) is 4.39 Å². The number of piperazine rings is 1. The van der Waals surface area contributed by atoms with Gasteiger partial charge in [-0.2, -0.15) is 0 Å². The molecule has 0 amide bonds. The Labute approximate surface area is 126 Å². The van der Waals surface area contributed by atoms with E-state index >= 15 is 0 Å². The van der Waals surface area contributed by atoms with Crippen LogP contribution in [0.5, 0.6) is 0 Å². The zero-order valence-electron chi connectivity index (χ0n) is 12.7. The van der Waals surface area contributed by atoms with Gasteiger partial charge < -0.3 is 0 Å². The van der Waals surface area contributed by atoms with E-state index in [1.54, 1.807) is 12.1 Å². The predicted octanol–water partition coefficient (Wildman–Crippen LogP) is 3.13. The molecule has 0 aromatic heterocycles. The predicted molar refractivity (Wildman–Crippen MR) is 82.5 cm³/mol. The van der Waals surface area contributed by atoms with Crippen LogP contribution in [-0.2, 0) is 6.54 Å². The van der Waals surface area contributed by atoms with E-state index in [2.05, 4.69) is 9.80 Å². The summed E-state index contributed by atoms with van der Waals surface area (Å²) in [7, 11) is 0. The van der Waals surface area contributed by atoms with E-state index in [1.165, 1.54) is 44.3 Å². The van der Waals surface area contributed by atoms with Gasteiger partial charge >= 0.3 is 0 Å². The summed E-state index contributed by atoms with van der Waals surface area (Å²) < 4.78 is 12.9. The highest BCUT2D eigenvalue weighted by Gasteiger charge is 2.42. The molecule has 21 heavy (non-hydrogen) atoms.